The zero-order valence-electron chi connectivity index (χ0n) is 30.9. The van der Waals surface area contributed by atoms with Gasteiger partial charge in [-0.25, -0.2) is 0 Å². The van der Waals surface area contributed by atoms with E-state index in [1.54, 1.807) is 0 Å². The molecule has 0 bridgehead atoms. The van der Waals surface area contributed by atoms with E-state index in [4.69, 9.17) is 4.42 Å². The van der Waals surface area contributed by atoms with Gasteiger partial charge in [-0.2, -0.15) is 0 Å². The molecule has 0 radical (unpaired) electrons. The SMILES string of the molecule is c1ccc(-n2c3ccccc3c3cccc(-c4ccc(-c5cccc6oc7c(-c8cccc9c%10ccccc%10n(-c%10ccccc%10)c89)cccc7c56)cc4)c32)cc1. The molecule has 0 amide bonds. The maximum atomic E-state index is 6.88. The van der Waals surface area contributed by atoms with Crippen LogP contribution in [0.2, 0.25) is 0 Å². The lowest BCUT2D eigenvalue weighted by atomic mass is 9.95. The first kappa shape index (κ1) is 31.7. The molecule has 266 valence electrons. The van der Waals surface area contributed by atoms with Gasteiger partial charge < -0.3 is 13.6 Å². The highest BCUT2D eigenvalue weighted by molar-refractivity contribution is 6.19. The summed E-state index contributed by atoms with van der Waals surface area (Å²) in [6.07, 6.45) is 0. The van der Waals surface area contributed by atoms with E-state index in [9.17, 15) is 0 Å². The second kappa shape index (κ2) is 12.5. The molecule has 3 aromatic heterocycles. The van der Waals surface area contributed by atoms with E-state index >= 15 is 0 Å². The fraction of sp³-hybridized carbons (Fsp3) is 0. The molecule has 3 heteroatoms. The van der Waals surface area contributed by atoms with Crippen LogP contribution in [-0.2, 0) is 0 Å². The fourth-order valence-corrected chi connectivity index (χ4v) is 9.31. The molecular weight excluding hydrogens is 693 g/mol. The second-order valence-electron chi connectivity index (χ2n) is 14.8. The average molecular weight is 727 g/mol. The van der Waals surface area contributed by atoms with Gasteiger partial charge in [-0.3, -0.25) is 0 Å². The van der Waals surface area contributed by atoms with Gasteiger partial charge in [0.2, 0.25) is 0 Å². The van der Waals surface area contributed by atoms with Crippen molar-refractivity contribution in [2.75, 3.05) is 0 Å². The zero-order chi connectivity index (χ0) is 37.5. The van der Waals surface area contributed by atoms with Crippen molar-refractivity contribution in [3.63, 3.8) is 0 Å². The second-order valence-corrected chi connectivity index (χ2v) is 14.8. The molecule has 3 nitrogen and oxygen atoms in total. The minimum absolute atomic E-state index is 0.881. The number of rotatable bonds is 5. The summed E-state index contributed by atoms with van der Waals surface area (Å²) in [5, 5.41) is 7.20. The molecule has 0 saturated carbocycles. The molecule has 0 fully saturated rings. The van der Waals surface area contributed by atoms with Crippen molar-refractivity contribution in [3.8, 4) is 44.8 Å². The Bertz CT molecular complexity index is 3490. The Labute approximate surface area is 328 Å². The van der Waals surface area contributed by atoms with Crippen molar-refractivity contribution < 1.29 is 4.42 Å². The van der Waals surface area contributed by atoms with Gasteiger partial charge in [0, 0.05) is 60.4 Å². The quantitative estimate of drug-likeness (QED) is 0.173. The molecule has 0 aliphatic rings. The maximum Gasteiger partial charge on any atom is 0.143 e. The lowest BCUT2D eigenvalue weighted by Gasteiger charge is -2.12. The number of hydrogen-bond acceptors (Lipinski definition) is 1. The van der Waals surface area contributed by atoms with E-state index in [0.717, 1.165) is 55.6 Å². The molecule has 0 spiro atoms. The summed E-state index contributed by atoms with van der Waals surface area (Å²) in [6, 6.07) is 74.2. The highest BCUT2D eigenvalue weighted by atomic mass is 16.3. The molecule has 12 aromatic rings. The summed E-state index contributed by atoms with van der Waals surface area (Å²) in [5.41, 5.74) is 15.8. The van der Waals surface area contributed by atoms with Gasteiger partial charge in [-0.1, -0.05) is 164 Å². The van der Waals surface area contributed by atoms with Crippen LogP contribution in [0, 0.1) is 0 Å². The molecule has 0 saturated heterocycles. The third-order valence-corrected chi connectivity index (χ3v) is 11.7. The van der Waals surface area contributed by atoms with Gasteiger partial charge in [0.25, 0.3) is 0 Å². The lowest BCUT2D eigenvalue weighted by Crippen LogP contribution is -1.95. The normalized spacial score (nSPS) is 11.9. The zero-order valence-corrected chi connectivity index (χ0v) is 30.9. The van der Waals surface area contributed by atoms with E-state index < -0.39 is 0 Å². The van der Waals surface area contributed by atoms with Crippen molar-refractivity contribution >= 4 is 65.6 Å². The van der Waals surface area contributed by atoms with Crippen LogP contribution in [0.4, 0.5) is 0 Å². The summed E-state index contributed by atoms with van der Waals surface area (Å²) < 4.78 is 11.7. The molecular formula is C54H34N2O. The Hall–Kier alpha value is -7.62. The highest BCUT2D eigenvalue weighted by Crippen LogP contribution is 2.45. The Balaban J connectivity index is 1.03. The van der Waals surface area contributed by atoms with E-state index in [-0.39, 0.29) is 0 Å². The number of furan rings is 1. The number of nitrogens with zero attached hydrogens (tertiary/aromatic N) is 2. The Morgan fingerprint density at radius 3 is 1.35 bits per heavy atom. The number of hydrogen-bond donors (Lipinski definition) is 0. The number of fused-ring (bicyclic) bond motifs is 9. The van der Waals surface area contributed by atoms with Gasteiger partial charge in [0.05, 0.1) is 22.1 Å². The van der Waals surface area contributed by atoms with E-state index in [1.165, 1.54) is 54.7 Å². The van der Waals surface area contributed by atoms with Gasteiger partial charge in [-0.15, -0.1) is 0 Å². The Morgan fingerprint density at radius 2 is 0.737 bits per heavy atom. The molecule has 0 atom stereocenters. The summed E-state index contributed by atoms with van der Waals surface area (Å²) in [5.74, 6) is 0. The summed E-state index contributed by atoms with van der Waals surface area (Å²) in [7, 11) is 0. The van der Waals surface area contributed by atoms with Crippen LogP contribution < -0.4 is 0 Å². The summed E-state index contributed by atoms with van der Waals surface area (Å²) in [4.78, 5) is 0. The molecule has 0 aliphatic carbocycles. The maximum absolute atomic E-state index is 6.88. The third kappa shape index (κ3) is 4.73. The Kier molecular flexibility index (Phi) is 6.93. The van der Waals surface area contributed by atoms with Crippen LogP contribution in [0.5, 0.6) is 0 Å². The van der Waals surface area contributed by atoms with Crippen LogP contribution in [0.3, 0.4) is 0 Å². The van der Waals surface area contributed by atoms with Crippen LogP contribution in [-0.4, -0.2) is 9.13 Å². The first-order valence-corrected chi connectivity index (χ1v) is 19.5. The largest absolute Gasteiger partial charge is 0.455 e. The monoisotopic (exact) mass is 726 g/mol. The first-order chi connectivity index (χ1) is 28.3. The molecule has 0 aliphatic heterocycles. The number of benzene rings is 9. The van der Waals surface area contributed by atoms with Crippen LogP contribution in [0.25, 0.3) is 110 Å². The minimum Gasteiger partial charge on any atom is -0.455 e. The topological polar surface area (TPSA) is 23.0 Å². The van der Waals surface area contributed by atoms with E-state index in [2.05, 4.69) is 215 Å². The van der Waals surface area contributed by atoms with Crippen molar-refractivity contribution in [3.05, 3.63) is 206 Å². The molecule has 3 heterocycles. The standard InChI is InChI=1S/C54H34N2O/c1-3-15-37(16-4-1)55-48-28-9-7-19-41(48)43-23-11-22-40(52(43)55)36-33-31-35(32-34-36)39-21-14-30-50-51(39)47-27-13-26-46(54(47)57-50)45-25-12-24-44-42-20-8-10-29-49(42)56(53(44)45)38-17-5-2-6-18-38/h1-34H. The smallest absolute Gasteiger partial charge is 0.143 e. The predicted molar refractivity (Wildman–Crippen MR) is 239 cm³/mol. The summed E-state index contributed by atoms with van der Waals surface area (Å²) >= 11 is 0. The number of aromatic nitrogens is 2. The summed E-state index contributed by atoms with van der Waals surface area (Å²) in [6.45, 7) is 0. The van der Waals surface area contributed by atoms with Gasteiger partial charge in [0.15, 0.2) is 0 Å². The fourth-order valence-electron chi connectivity index (χ4n) is 9.31. The Morgan fingerprint density at radius 1 is 0.298 bits per heavy atom. The minimum atomic E-state index is 0.881. The molecule has 57 heavy (non-hydrogen) atoms. The van der Waals surface area contributed by atoms with Gasteiger partial charge >= 0.3 is 0 Å². The van der Waals surface area contributed by atoms with Gasteiger partial charge in [0.1, 0.15) is 11.2 Å². The molecule has 0 N–H and O–H groups in total. The number of para-hydroxylation sites is 7. The van der Waals surface area contributed by atoms with Crippen LogP contribution >= 0.6 is 0 Å². The first-order valence-electron chi connectivity index (χ1n) is 19.5. The van der Waals surface area contributed by atoms with Gasteiger partial charge in [-0.05, 0) is 59.2 Å². The molecule has 9 aromatic carbocycles. The van der Waals surface area contributed by atoms with Crippen molar-refractivity contribution in [2.45, 2.75) is 0 Å². The van der Waals surface area contributed by atoms with Crippen molar-refractivity contribution in [2.24, 2.45) is 0 Å². The van der Waals surface area contributed by atoms with E-state index in [1.807, 2.05) is 0 Å². The lowest BCUT2D eigenvalue weighted by molar-refractivity contribution is 0.670. The third-order valence-electron chi connectivity index (χ3n) is 11.7. The highest BCUT2D eigenvalue weighted by Gasteiger charge is 2.21. The predicted octanol–water partition coefficient (Wildman–Crippen LogP) is 14.8. The van der Waals surface area contributed by atoms with Crippen LogP contribution in [0.1, 0.15) is 0 Å². The molecule has 0 unspecified atom stereocenters. The van der Waals surface area contributed by atoms with E-state index in [0.29, 0.717) is 0 Å². The van der Waals surface area contributed by atoms with Crippen molar-refractivity contribution in [1.29, 1.82) is 0 Å². The average Bonchev–Trinajstić information content (AvgIpc) is 3.95. The molecule has 12 rings (SSSR count). The van der Waals surface area contributed by atoms with Crippen molar-refractivity contribution in [1.82, 2.24) is 9.13 Å². The van der Waals surface area contributed by atoms with Crippen LogP contribution in [0.15, 0.2) is 211 Å².